The van der Waals surface area contributed by atoms with Gasteiger partial charge in [-0.15, -0.1) is 0 Å². The number of para-hydroxylation sites is 2. The minimum Gasteiger partial charge on any atom is -0.497 e. The van der Waals surface area contributed by atoms with Crippen molar-refractivity contribution in [2.45, 2.75) is 27.3 Å². The number of benzene rings is 2. The van der Waals surface area contributed by atoms with Crippen LogP contribution in [0.2, 0.25) is 0 Å². The Morgan fingerprint density at radius 1 is 0.935 bits per heavy atom. The Bertz CT molecular complexity index is 1500. The molecular weight excluding hydrogens is 390 g/mol. The minimum absolute atomic E-state index is 0.0851. The molecule has 0 aliphatic rings. The van der Waals surface area contributed by atoms with Crippen LogP contribution in [0.3, 0.4) is 0 Å². The standard InChI is InChI=1S/C24H23N5O2/c1-14(2)13-28-15(3)25-22-20(24(28)30)21-23(27-19-8-6-5-7-18(19)26-21)29(22)16-9-11-17(31-4)12-10-16/h5-12,14H,13H2,1-4H3. The third-order valence-corrected chi connectivity index (χ3v) is 5.43. The third-order valence-electron chi connectivity index (χ3n) is 5.43. The number of hydrogen-bond acceptors (Lipinski definition) is 5. The van der Waals surface area contributed by atoms with E-state index in [0.717, 1.165) is 22.5 Å². The Kier molecular flexibility index (Phi) is 4.46. The molecule has 0 amide bonds. The summed E-state index contributed by atoms with van der Waals surface area (Å²) < 4.78 is 8.96. The molecule has 31 heavy (non-hydrogen) atoms. The van der Waals surface area contributed by atoms with Crippen LogP contribution < -0.4 is 10.3 Å². The number of ether oxygens (including phenoxy) is 1. The molecule has 0 saturated carbocycles. The SMILES string of the molecule is COc1ccc(-n2c3nc4ccccc4nc3c3c(=O)n(CC(C)C)c(C)nc32)cc1. The molecule has 0 aliphatic heterocycles. The van der Waals surface area contributed by atoms with E-state index < -0.39 is 0 Å². The molecule has 0 atom stereocenters. The van der Waals surface area contributed by atoms with Crippen LogP contribution >= 0.6 is 0 Å². The highest BCUT2D eigenvalue weighted by atomic mass is 16.5. The van der Waals surface area contributed by atoms with Gasteiger partial charge in [-0.2, -0.15) is 0 Å². The van der Waals surface area contributed by atoms with Crippen LogP contribution in [-0.4, -0.2) is 31.2 Å². The lowest BCUT2D eigenvalue weighted by atomic mass is 10.2. The zero-order valence-electron chi connectivity index (χ0n) is 18.0. The molecule has 5 aromatic rings. The van der Waals surface area contributed by atoms with Crippen LogP contribution in [0.15, 0.2) is 53.3 Å². The van der Waals surface area contributed by atoms with Gasteiger partial charge in [0.15, 0.2) is 11.3 Å². The minimum atomic E-state index is -0.0851. The molecule has 5 rings (SSSR count). The first-order chi connectivity index (χ1) is 15.0. The van der Waals surface area contributed by atoms with Gasteiger partial charge in [0, 0.05) is 12.2 Å². The van der Waals surface area contributed by atoms with Gasteiger partial charge >= 0.3 is 0 Å². The van der Waals surface area contributed by atoms with Crippen molar-refractivity contribution < 1.29 is 4.74 Å². The Labute approximate surface area is 179 Å². The van der Waals surface area contributed by atoms with E-state index in [4.69, 9.17) is 19.7 Å². The number of aryl methyl sites for hydroxylation is 1. The highest BCUT2D eigenvalue weighted by Crippen LogP contribution is 2.29. The number of nitrogens with zero attached hydrogens (tertiary/aromatic N) is 5. The van der Waals surface area contributed by atoms with Crippen LogP contribution in [-0.2, 0) is 6.54 Å². The van der Waals surface area contributed by atoms with Crippen LogP contribution in [0.25, 0.3) is 38.9 Å². The molecule has 3 heterocycles. The summed E-state index contributed by atoms with van der Waals surface area (Å²) in [6.45, 7) is 6.65. The molecule has 0 aliphatic carbocycles. The summed E-state index contributed by atoms with van der Waals surface area (Å²) in [7, 11) is 1.63. The predicted octanol–water partition coefficient (Wildman–Crippen LogP) is 4.26. The van der Waals surface area contributed by atoms with Gasteiger partial charge in [0.2, 0.25) is 0 Å². The van der Waals surface area contributed by atoms with Crippen molar-refractivity contribution in [3.05, 3.63) is 64.7 Å². The Morgan fingerprint density at radius 3 is 2.26 bits per heavy atom. The smallest absolute Gasteiger partial charge is 0.265 e. The van der Waals surface area contributed by atoms with Gasteiger partial charge < -0.3 is 4.74 Å². The number of aromatic nitrogens is 5. The van der Waals surface area contributed by atoms with Crippen LogP contribution in [0, 0.1) is 12.8 Å². The normalized spacial score (nSPS) is 11.8. The summed E-state index contributed by atoms with van der Waals surface area (Å²) in [4.78, 5) is 28.2. The Balaban J connectivity index is 1.95. The summed E-state index contributed by atoms with van der Waals surface area (Å²) in [5.41, 5.74) is 4.03. The second kappa shape index (κ2) is 7.19. The lowest BCUT2D eigenvalue weighted by Gasteiger charge is -2.12. The number of fused-ring (bicyclic) bond motifs is 4. The molecule has 0 fully saturated rings. The van der Waals surface area contributed by atoms with Gasteiger partial charge in [-0.05, 0) is 49.2 Å². The molecule has 0 N–H and O–H groups in total. The molecule has 3 aromatic heterocycles. The molecule has 0 saturated heterocycles. The van der Waals surface area contributed by atoms with E-state index in [0.29, 0.717) is 40.5 Å². The first kappa shape index (κ1) is 19.2. The van der Waals surface area contributed by atoms with Gasteiger partial charge in [0.05, 0.1) is 18.1 Å². The van der Waals surface area contributed by atoms with Crippen LogP contribution in [0.4, 0.5) is 0 Å². The number of rotatable bonds is 4. The first-order valence-corrected chi connectivity index (χ1v) is 10.3. The largest absolute Gasteiger partial charge is 0.497 e. The maximum absolute atomic E-state index is 13.6. The zero-order chi connectivity index (χ0) is 21.7. The summed E-state index contributed by atoms with van der Waals surface area (Å²) in [5.74, 6) is 1.75. The zero-order valence-corrected chi connectivity index (χ0v) is 18.0. The van der Waals surface area contributed by atoms with E-state index in [1.165, 1.54) is 0 Å². The lowest BCUT2D eigenvalue weighted by Crippen LogP contribution is -2.26. The van der Waals surface area contributed by atoms with E-state index in [9.17, 15) is 4.79 Å². The molecule has 0 spiro atoms. The van der Waals surface area contributed by atoms with Crippen molar-refractivity contribution in [2.24, 2.45) is 5.92 Å². The molecule has 0 unspecified atom stereocenters. The first-order valence-electron chi connectivity index (χ1n) is 10.3. The number of hydrogen-bond donors (Lipinski definition) is 0. The Morgan fingerprint density at radius 2 is 1.61 bits per heavy atom. The van der Waals surface area contributed by atoms with Crippen LogP contribution in [0.1, 0.15) is 19.7 Å². The van der Waals surface area contributed by atoms with E-state index in [1.807, 2.05) is 60.0 Å². The molecule has 2 aromatic carbocycles. The molecular formula is C24H23N5O2. The topological polar surface area (TPSA) is 74.8 Å². The van der Waals surface area contributed by atoms with E-state index in [1.54, 1.807) is 11.7 Å². The van der Waals surface area contributed by atoms with Crippen molar-refractivity contribution in [1.82, 2.24) is 24.1 Å². The average Bonchev–Trinajstić information content (AvgIpc) is 3.07. The fourth-order valence-electron chi connectivity index (χ4n) is 3.99. The highest BCUT2D eigenvalue weighted by Gasteiger charge is 2.22. The van der Waals surface area contributed by atoms with Gasteiger partial charge in [0.1, 0.15) is 22.5 Å². The predicted molar refractivity (Wildman–Crippen MR) is 122 cm³/mol. The highest BCUT2D eigenvalue weighted by molar-refractivity contribution is 6.05. The van der Waals surface area contributed by atoms with Crippen molar-refractivity contribution >= 4 is 33.2 Å². The lowest BCUT2D eigenvalue weighted by molar-refractivity contribution is 0.415. The maximum Gasteiger partial charge on any atom is 0.265 e. The summed E-state index contributed by atoms with van der Waals surface area (Å²) in [6, 6.07) is 15.3. The number of methoxy groups -OCH3 is 1. The van der Waals surface area contributed by atoms with Crippen molar-refractivity contribution in [1.29, 1.82) is 0 Å². The summed E-state index contributed by atoms with van der Waals surface area (Å²) in [6.07, 6.45) is 0. The molecule has 156 valence electrons. The molecule has 7 heteroatoms. The van der Waals surface area contributed by atoms with Crippen molar-refractivity contribution in [2.75, 3.05) is 7.11 Å². The second-order valence-electron chi connectivity index (χ2n) is 8.09. The average molecular weight is 413 g/mol. The summed E-state index contributed by atoms with van der Waals surface area (Å²) >= 11 is 0. The van der Waals surface area contributed by atoms with Crippen molar-refractivity contribution in [3.63, 3.8) is 0 Å². The maximum atomic E-state index is 13.6. The third kappa shape index (κ3) is 3.04. The van der Waals surface area contributed by atoms with E-state index in [-0.39, 0.29) is 5.56 Å². The van der Waals surface area contributed by atoms with Gasteiger partial charge in [-0.25, -0.2) is 15.0 Å². The van der Waals surface area contributed by atoms with E-state index >= 15 is 0 Å². The van der Waals surface area contributed by atoms with Gasteiger partial charge in [-0.1, -0.05) is 26.0 Å². The second-order valence-corrected chi connectivity index (χ2v) is 8.09. The van der Waals surface area contributed by atoms with Crippen LogP contribution in [0.5, 0.6) is 5.75 Å². The molecule has 0 radical (unpaired) electrons. The quantitative estimate of drug-likeness (QED) is 0.440. The van der Waals surface area contributed by atoms with Gasteiger partial charge in [0.25, 0.3) is 5.56 Å². The summed E-state index contributed by atoms with van der Waals surface area (Å²) in [5, 5.41) is 0.496. The fourth-order valence-corrected chi connectivity index (χ4v) is 3.99. The Hall–Kier alpha value is -3.74. The van der Waals surface area contributed by atoms with Crippen molar-refractivity contribution in [3.8, 4) is 11.4 Å². The van der Waals surface area contributed by atoms with Gasteiger partial charge in [-0.3, -0.25) is 13.9 Å². The fraction of sp³-hybridized carbons (Fsp3) is 0.250. The molecule has 7 nitrogen and oxygen atoms in total. The monoisotopic (exact) mass is 413 g/mol. The van der Waals surface area contributed by atoms with E-state index in [2.05, 4.69) is 13.8 Å². The molecule has 0 bridgehead atoms.